The molecule has 0 amide bonds. The topological polar surface area (TPSA) is 37.3 Å². The van der Waals surface area contributed by atoms with Crippen LogP contribution in [0.1, 0.15) is 90.4 Å². The molecule has 1 rings (SSSR count). The molecule has 2 atom stereocenters. The van der Waals surface area contributed by atoms with Gasteiger partial charge in [0.25, 0.3) is 0 Å². The van der Waals surface area contributed by atoms with Gasteiger partial charge >= 0.3 is 5.97 Å². The molecule has 1 N–H and O–H groups in total. The Labute approximate surface area is 131 Å². The van der Waals surface area contributed by atoms with E-state index in [2.05, 4.69) is 19.1 Å². The molecule has 2 heteroatoms. The van der Waals surface area contributed by atoms with Gasteiger partial charge in [0.1, 0.15) is 0 Å². The summed E-state index contributed by atoms with van der Waals surface area (Å²) in [6.45, 7) is 2.26. The average Bonchev–Trinajstić information content (AvgIpc) is 2.89. The molecule has 1 fully saturated rings. The molecule has 2 nitrogen and oxygen atoms in total. The number of hydrogen-bond donors (Lipinski definition) is 1. The summed E-state index contributed by atoms with van der Waals surface area (Å²) in [5, 5.41) is 8.63. The van der Waals surface area contributed by atoms with Crippen molar-refractivity contribution < 1.29 is 9.90 Å². The zero-order valence-electron chi connectivity index (χ0n) is 13.9. The zero-order chi connectivity index (χ0) is 15.3. The predicted molar refractivity (Wildman–Crippen MR) is 89.5 cm³/mol. The lowest BCUT2D eigenvalue weighted by atomic mass is 9.90. The van der Waals surface area contributed by atoms with Crippen molar-refractivity contribution in [2.45, 2.75) is 90.4 Å². The lowest BCUT2D eigenvalue weighted by molar-refractivity contribution is -0.137. The summed E-state index contributed by atoms with van der Waals surface area (Å²) in [6, 6.07) is 0. The first-order valence-corrected chi connectivity index (χ1v) is 9.12. The highest BCUT2D eigenvalue weighted by atomic mass is 16.4. The van der Waals surface area contributed by atoms with E-state index < -0.39 is 5.97 Å². The molecule has 0 unspecified atom stereocenters. The highest BCUT2D eigenvalue weighted by Crippen LogP contribution is 2.36. The van der Waals surface area contributed by atoms with Crippen molar-refractivity contribution >= 4 is 5.97 Å². The summed E-state index contributed by atoms with van der Waals surface area (Å²) < 4.78 is 0. The normalized spacial score (nSPS) is 22.1. The fourth-order valence-electron chi connectivity index (χ4n) is 3.50. The van der Waals surface area contributed by atoms with Crippen molar-refractivity contribution in [2.24, 2.45) is 11.8 Å². The fraction of sp³-hybridized carbons (Fsp3) is 0.842. The van der Waals surface area contributed by atoms with Gasteiger partial charge in [-0.3, -0.25) is 4.79 Å². The molecule has 0 radical (unpaired) electrons. The van der Waals surface area contributed by atoms with Crippen LogP contribution in [0.2, 0.25) is 0 Å². The van der Waals surface area contributed by atoms with Gasteiger partial charge in [-0.05, 0) is 50.4 Å². The molecule has 1 saturated carbocycles. The van der Waals surface area contributed by atoms with E-state index >= 15 is 0 Å². The van der Waals surface area contributed by atoms with Crippen LogP contribution in [-0.4, -0.2) is 11.1 Å². The minimum Gasteiger partial charge on any atom is -0.481 e. The minimum atomic E-state index is -0.653. The lowest BCUT2D eigenvalue weighted by Crippen LogP contribution is -2.05. The van der Waals surface area contributed by atoms with Crippen LogP contribution in [0.5, 0.6) is 0 Å². The third kappa shape index (κ3) is 8.95. The first-order chi connectivity index (χ1) is 10.2. The molecule has 0 heterocycles. The second-order valence-corrected chi connectivity index (χ2v) is 6.63. The number of unbranched alkanes of at least 4 members (excludes halogenated alkanes) is 6. The summed E-state index contributed by atoms with van der Waals surface area (Å²) in [5.41, 5.74) is 0. The molecule has 122 valence electrons. The van der Waals surface area contributed by atoms with Crippen LogP contribution in [0.15, 0.2) is 12.2 Å². The van der Waals surface area contributed by atoms with Crippen molar-refractivity contribution in [1.82, 2.24) is 0 Å². The molecule has 0 aliphatic heterocycles. The molecule has 0 saturated heterocycles. The van der Waals surface area contributed by atoms with E-state index in [9.17, 15) is 4.79 Å². The number of rotatable bonds is 12. The summed E-state index contributed by atoms with van der Waals surface area (Å²) >= 11 is 0. The molecule has 1 aliphatic rings. The SMILES string of the molecule is CCCCCCC=C[C@H]1CCC[C@@H]1CCCCCC(=O)O. The Hall–Kier alpha value is -0.790. The van der Waals surface area contributed by atoms with Gasteiger partial charge in [-0.25, -0.2) is 0 Å². The van der Waals surface area contributed by atoms with Crippen LogP contribution >= 0.6 is 0 Å². The largest absolute Gasteiger partial charge is 0.481 e. The van der Waals surface area contributed by atoms with Crippen LogP contribution in [0.3, 0.4) is 0 Å². The van der Waals surface area contributed by atoms with Gasteiger partial charge in [0, 0.05) is 6.42 Å². The van der Waals surface area contributed by atoms with E-state index in [0.29, 0.717) is 6.42 Å². The molecule has 0 aromatic heterocycles. The van der Waals surface area contributed by atoms with Gasteiger partial charge in [-0.1, -0.05) is 57.6 Å². The summed E-state index contributed by atoms with van der Waals surface area (Å²) in [6.07, 6.45) is 20.5. The van der Waals surface area contributed by atoms with Gasteiger partial charge in [-0.15, -0.1) is 0 Å². The molecule has 0 bridgehead atoms. The maximum absolute atomic E-state index is 10.5. The van der Waals surface area contributed by atoms with Crippen molar-refractivity contribution in [3.8, 4) is 0 Å². The molecule has 21 heavy (non-hydrogen) atoms. The van der Waals surface area contributed by atoms with Crippen LogP contribution in [0.4, 0.5) is 0 Å². The zero-order valence-corrected chi connectivity index (χ0v) is 13.9. The smallest absolute Gasteiger partial charge is 0.303 e. The van der Waals surface area contributed by atoms with E-state index in [-0.39, 0.29) is 0 Å². The number of aliphatic carboxylic acids is 1. The number of hydrogen-bond acceptors (Lipinski definition) is 1. The van der Waals surface area contributed by atoms with E-state index in [1.54, 1.807) is 0 Å². The maximum Gasteiger partial charge on any atom is 0.303 e. The third-order valence-corrected chi connectivity index (χ3v) is 4.79. The van der Waals surface area contributed by atoms with Gasteiger partial charge in [-0.2, -0.15) is 0 Å². The average molecular weight is 294 g/mol. The maximum atomic E-state index is 10.5. The van der Waals surface area contributed by atoms with Gasteiger partial charge < -0.3 is 5.11 Å². The van der Waals surface area contributed by atoms with E-state index in [1.165, 1.54) is 64.2 Å². The van der Waals surface area contributed by atoms with Crippen molar-refractivity contribution in [1.29, 1.82) is 0 Å². The summed E-state index contributed by atoms with van der Waals surface area (Å²) in [4.78, 5) is 10.5. The van der Waals surface area contributed by atoms with Crippen LogP contribution in [0, 0.1) is 11.8 Å². The second kappa shape index (κ2) is 11.8. The van der Waals surface area contributed by atoms with E-state index in [4.69, 9.17) is 5.11 Å². The molecule has 0 aromatic rings. The van der Waals surface area contributed by atoms with Crippen molar-refractivity contribution in [3.63, 3.8) is 0 Å². The highest BCUT2D eigenvalue weighted by Gasteiger charge is 2.24. The monoisotopic (exact) mass is 294 g/mol. The van der Waals surface area contributed by atoms with E-state index in [1.807, 2.05) is 0 Å². The quantitative estimate of drug-likeness (QED) is 0.356. The Morgan fingerprint density at radius 1 is 1.10 bits per heavy atom. The van der Waals surface area contributed by atoms with Crippen molar-refractivity contribution in [2.75, 3.05) is 0 Å². The molecular formula is C19H34O2. The Morgan fingerprint density at radius 2 is 1.90 bits per heavy atom. The van der Waals surface area contributed by atoms with Crippen molar-refractivity contribution in [3.05, 3.63) is 12.2 Å². The highest BCUT2D eigenvalue weighted by molar-refractivity contribution is 5.66. The molecule has 0 spiro atoms. The Balaban J connectivity index is 2.10. The van der Waals surface area contributed by atoms with E-state index in [0.717, 1.165) is 24.7 Å². The van der Waals surface area contributed by atoms with Crippen LogP contribution in [-0.2, 0) is 4.79 Å². The second-order valence-electron chi connectivity index (χ2n) is 6.63. The Morgan fingerprint density at radius 3 is 2.67 bits per heavy atom. The number of allylic oxidation sites excluding steroid dienone is 2. The first kappa shape index (κ1) is 18.3. The van der Waals surface area contributed by atoms with Crippen LogP contribution < -0.4 is 0 Å². The molecule has 1 aliphatic carbocycles. The predicted octanol–water partition coefficient (Wildman–Crippen LogP) is 5.96. The molecular weight excluding hydrogens is 260 g/mol. The fourth-order valence-corrected chi connectivity index (χ4v) is 3.50. The number of carboxylic acids is 1. The Kier molecular flexibility index (Phi) is 10.3. The van der Waals surface area contributed by atoms with Gasteiger partial charge in [0.15, 0.2) is 0 Å². The third-order valence-electron chi connectivity index (χ3n) is 4.79. The van der Waals surface area contributed by atoms with Crippen LogP contribution in [0.25, 0.3) is 0 Å². The first-order valence-electron chi connectivity index (χ1n) is 9.12. The number of carboxylic acid groups (broad SMARTS) is 1. The van der Waals surface area contributed by atoms with Gasteiger partial charge in [0.2, 0.25) is 0 Å². The standard InChI is InChI=1S/C19H34O2/c1-2-3-4-5-6-8-12-17-14-11-15-18(17)13-9-7-10-16-19(20)21/h8,12,17-18H,2-7,9-11,13-16H2,1H3,(H,20,21)/t17-,18-/m0/s1. The minimum absolute atomic E-state index is 0.339. The number of carbonyl (C=O) groups is 1. The summed E-state index contributed by atoms with van der Waals surface area (Å²) in [7, 11) is 0. The van der Waals surface area contributed by atoms with Gasteiger partial charge in [0.05, 0.1) is 0 Å². The Bertz CT molecular complexity index is 296. The molecule has 0 aromatic carbocycles. The lowest BCUT2D eigenvalue weighted by Gasteiger charge is -2.16. The summed E-state index contributed by atoms with van der Waals surface area (Å²) in [5.74, 6) is 1.01.